The minimum atomic E-state index is -0.237. The van der Waals surface area contributed by atoms with Crippen LogP contribution in [-0.4, -0.2) is 30.5 Å². The van der Waals surface area contributed by atoms with Gasteiger partial charge in [0.2, 0.25) is 0 Å². The zero-order valence-corrected chi connectivity index (χ0v) is 13.4. The predicted octanol–water partition coefficient (Wildman–Crippen LogP) is 3.18. The number of halogens is 2. The molecule has 0 bridgehead atoms. The van der Waals surface area contributed by atoms with Crippen LogP contribution in [0.4, 0.5) is 4.39 Å². The SMILES string of the molecule is CC1CCCN(C(N)=NCCc2ccc(F)c(Br)c2)C1. The maximum atomic E-state index is 13.1. The van der Waals surface area contributed by atoms with Crippen LogP contribution in [0.1, 0.15) is 25.3 Å². The summed E-state index contributed by atoms with van der Waals surface area (Å²) in [6.07, 6.45) is 3.22. The maximum absolute atomic E-state index is 13.1. The van der Waals surface area contributed by atoms with Crippen LogP contribution in [-0.2, 0) is 6.42 Å². The second kappa shape index (κ2) is 7.07. The number of piperidine rings is 1. The highest BCUT2D eigenvalue weighted by molar-refractivity contribution is 9.10. The highest BCUT2D eigenvalue weighted by Crippen LogP contribution is 2.17. The topological polar surface area (TPSA) is 41.6 Å². The van der Waals surface area contributed by atoms with Crippen molar-refractivity contribution in [3.8, 4) is 0 Å². The van der Waals surface area contributed by atoms with Crippen molar-refractivity contribution < 1.29 is 4.39 Å². The summed E-state index contributed by atoms with van der Waals surface area (Å²) in [7, 11) is 0. The molecule has 0 amide bonds. The Bertz CT molecular complexity index is 490. The van der Waals surface area contributed by atoms with Crippen LogP contribution >= 0.6 is 15.9 Å². The summed E-state index contributed by atoms with van der Waals surface area (Å²) in [5, 5.41) is 0. The van der Waals surface area contributed by atoms with E-state index in [9.17, 15) is 4.39 Å². The molecule has 2 rings (SSSR count). The number of nitrogens with zero attached hydrogens (tertiary/aromatic N) is 2. The smallest absolute Gasteiger partial charge is 0.191 e. The standard InChI is InChI=1S/C15H21BrFN3/c1-11-3-2-8-20(10-11)15(18)19-7-6-12-4-5-14(17)13(16)9-12/h4-5,9,11H,2-3,6-8,10H2,1H3,(H2,18,19). The molecule has 1 heterocycles. The first-order valence-electron chi connectivity index (χ1n) is 7.05. The van der Waals surface area contributed by atoms with E-state index in [1.54, 1.807) is 12.1 Å². The fourth-order valence-corrected chi connectivity index (χ4v) is 2.92. The molecule has 0 aliphatic carbocycles. The van der Waals surface area contributed by atoms with Crippen LogP contribution in [0.15, 0.2) is 27.7 Å². The van der Waals surface area contributed by atoms with Crippen molar-refractivity contribution in [3.63, 3.8) is 0 Å². The predicted molar refractivity (Wildman–Crippen MR) is 84.3 cm³/mol. The van der Waals surface area contributed by atoms with Gasteiger partial charge >= 0.3 is 0 Å². The first kappa shape index (κ1) is 15.3. The van der Waals surface area contributed by atoms with Crippen molar-refractivity contribution in [2.45, 2.75) is 26.2 Å². The lowest BCUT2D eigenvalue weighted by atomic mass is 10.0. The van der Waals surface area contributed by atoms with Gasteiger partial charge in [-0.25, -0.2) is 4.39 Å². The number of guanidine groups is 1. The third kappa shape index (κ3) is 4.20. The summed E-state index contributed by atoms with van der Waals surface area (Å²) in [4.78, 5) is 6.60. The second-order valence-electron chi connectivity index (χ2n) is 5.43. The molecule has 0 spiro atoms. The van der Waals surface area contributed by atoms with Crippen molar-refractivity contribution in [1.82, 2.24) is 4.90 Å². The van der Waals surface area contributed by atoms with Gasteiger partial charge in [0.1, 0.15) is 5.82 Å². The van der Waals surface area contributed by atoms with E-state index in [1.807, 2.05) is 0 Å². The quantitative estimate of drug-likeness (QED) is 0.677. The highest BCUT2D eigenvalue weighted by atomic mass is 79.9. The molecule has 1 fully saturated rings. The van der Waals surface area contributed by atoms with Crippen LogP contribution in [0.25, 0.3) is 0 Å². The number of nitrogens with two attached hydrogens (primary N) is 1. The molecule has 1 unspecified atom stereocenters. The molecule has 1 aliphatic heterocycles. The molecule has 20 heavy (non-hydrogen) atoms. The van der Waals surface area contributed by atoms with Crippen LogP contribution in [0, 0.1) is 11.7 Å². The maximum Gasteiger partial charge on any atom is 0.191 e. The lowest BCUT2D eigenvalue weighted by Gasteiger charge is -2.31. The fraction of sp³-hybridized carbons (Fsp3) is 0.533. The van der Waals surface area contributed by atoms with E-state index in [2.05, 4.69) is 32.7 Å². The Labute approximate surface area is 128 Å². The number of hydrogen-bond acceptors (Lipinski definition) is 1. The normalized spacial score (nSPS) is 20.2. The molecule has 1 saturated heterocycles. The Kier molecular flexibility index (Phi) is 5.40. The minimum absolute atomic E-state index is 0.237. The van der Waals surface area contributed by atoms with Gasteiger partial charge in [0.05, 0.1) is 4.47 Å². The number of likely N-dealkylation sites (tertiary alicyclic amines) is 1. The van der Waals surface area contributed by atoms with E-state index in [-0.39, 0.29) is 5.82 Å². The van der Waals surface area contributed by atoms with E-state index in [0.717, 1.165) is 25.1 Å². The van der Waals surface area contributed by atoms with Gasteiger partial charge in [0.15, 0.2) is 5.96 Å². The van der Waals surface area contributed by atoms with Crippen molar-refractivity contribution in [3.05, 3.63) is 34.1 Å². The van der Waals surface area contributed by atoms with Gasteiger partial charge in [0, 0.05) is 19.6 Å². The van der Waals surface area contributed by atoms with Gasteiger partial charge < -0.3 is 10.6 Å². The van der Waals surface area contributed by atoms with E-state index in [0.29, 0.717) is 22.9 Å². The molecule has 0 aromatic heterocycles. The molecule has 1 aromatic carbocycles. The van der Waals surface area contributed by atoms with E-state index >= 15 is 0 Å². The Balaban J connectivity index is 1.87. The van der Waals surface area contributed by atoms with Crippen molar-refractivity contribution >= 4 is 21.9 Å². The zero-order valence-electron chi connectivity index (χ0n) is 11.8. The number of aliphatic imine (C=N–C) groups is 1. The van der Waals surface area contributed by atoms with Crippen molar-refractivity contribution in [2.75, 3.05) is 19.6 Å². The minimum Gasteiger partial charge on any atom is -0.370 e. The number of benzene rings is 1. The van der Waals surface area contributed by atoms with Crippen LogP contribution in [0.3, 0.4) is 0 Å². The summed E-state index contributed by atoms with van der Waals surface area (Å²) in [5.41, 5.74) is 7.09. The monoisotopic (exact) mass is 341 g/mol. The first-order valence-corrected chi connectivity index (χ1v) is 7.84. The van der Waals surface area contributed by atoms with Gasteiger partial charge in [-0.2, -0.15) is 0 Å². The molecular formula is C15H21BrFN3. The lowest BCUT2D eigenvalue weighted by molar-refractivity contribution is 0.270. The first-order chi connectivity index (χ1) is 9.56. The van der Waals surface area contributed by atoms with E-state index < -0.39 is 0 Å². The number of rotatable bonds is 3. The fourth-order valence-electron chi connectivity index (χ4n) is 2.49. The molecule has 110 valence electrons. The lowest BCUT2D eigenvalue weighted by Crippen LogP contribution is -2.43. The average molecular weight is 342 g/mol. The molecule has 0 saturated carbocycles. The Hall–Kier alpha value is -1.10. The van der Waals surface area contributed by atoms with Gasteiger partial charge in [-0.05, 0) is 58.8 Å². The summed E-state index contributed by atoms with van der Waals surface area (Å²) < 4.78 is 13.6. The van der Waals surface area contributed by atoms with Gasteiger partial charge in [-0.15, -0.1) is 0 Å². The third-order valence-corrected chi connectivity index (χ3v) is 4.25. The highest BCUT2D eigenvalue weighted by Gasteiger charge is 2.17. The summed E-state index contributed by atoms with van der Waals surface area (Å²) in [6, 6.07) is 5.05. The molecule has 3 nitrogen and oxygen atoms in total. The molecule has 1 atom stereocenters. The Morgan fingerprint density at radius 3 is 3.05 bits per heavy atom. The van der Waals surface area contributed by atoms with Crippen molar-refractivity contribution in [1.29, 1.82) is 0 Å². The Morgan fingerprint density at radius 2 is 2.35 bits per heavy atom. The largest absolute Gasteiger partial charge is 0.370 e. The second-order valence-corrected chi connectivity index (χ2v) is 6.29. The third-order valence-electron chi connectivity index (χ3n) is 3.64. The molecule has 0 radical (unpaired) electrons. The average Bonchev–Trinajstić information content (AvgIpc) is 2.42. The number of hydrogen-bond donors (Lipinski definition) is 1. The van der Waals surface area contributed by atoms with Gasteiger partial charge in [-0.3, -0.25) is 4.99 Å². The molecule has 2 N–H and O–H groups in total. The van der Waals surface area contributed by atoms with E-state index in [4.69, 9.17) is 5.73 Å². The van der Waals surface area contributed by atoms with Crippen LogP contribution in [0.5, 0.6) is 0 Å². The molecule has 5 heteroatoms. The summed E-state index contributed by atoms with van der Waals surface area (Å²) in [5.74, 6) is 1.09. The van der Waals surface area contributed by atoms with Gasteiger partial charge in [-0.1, -0.05) is 13.0 Å². The molecule has 1 aromatic rings. The molecular weight excluding hydrogens is 321 g/mol. The Morgan fingerprint density at radius 1 is 1.55 bits per heavy atom. The van der Waals surface area contributed by atoms with Gasteiger partial charge in [0.25, 0.3) is 0 Å². The summed E-state index contributed by atoms with van der Waals surface area (Å²) >= 11 is 3.19. The zero-order chi connectivity index (χ0) is 14.5. The molecule has 1 aliphatic rings. The summed E-state index contributed by atoms with van der Waals surface area (Å²) in [6.45, 7) is 4.88. The van der Waals surface area contributed by atoms with Crippen LogP contribution in [0.2, 0.25) is 0 Å². The van der Waals surface area contributed by atoms with Crippen LogP contribution < -0.4 is 5.73 Å². The van der Waals surface area contributed by atoms with E-state index in [1.165, 1.54) is 18.9 Å². The van der Waals surface area contributed by atoms with Crippen molar-refractivity contribution in [2.24, 2.45) is 16.6 Å².